The van der Waals surface area contributed by atoms with Crippen LogP contribution in [-0.2, 0) is 30.7 Å². The fraction of sp³-hybridized carbons (Fsp3) is 0.273. The zero-order valence-electron chi connectivity index (χ0n) is 18.2. The minimum Gasteiger partial charge on any atom is -0.465 e. The van der Waals surface area contributed by atoms with Gasteiger partial charge in [-0.15, -0.1) is 0 Å². The van der Waals surface area contributed by atoms with Crippen LogP contribution in [0, 0.1) is 0 Å². The van der Waals surface area contributed by atoms with Crippen molar-refractivity contribution >= 4 is 49.2 Å². The van der Waals surface area contributed by atoms with E-state index in [9.17, 15) is 22.8 Å². The molecule has 0 aliphatic rings. The van der Waals surface area contributed by atoms with E-state index in [1.807, 2.05) is 0 Å². The molecule has 174 valence electrons. The lowest BCUT2D eigenvalue weighted by molar-refractivity contribution is -0.143. The third-order valence-corrected chi connectivity index (χ3v) is 6.64. The van der Waals surface area contributed by atoms with Gasteiger partial charge in [-0.25, -0.2) is 13.2 Å². The van der Waals surface area contributed by atoms with Crippen LogP contribution >= 0.6 is 11.3 Å². The molecule has 2 aromatic carbocycles. The van der Waals surface area contributed by atoms with Gasteiger partial charge in [0.25, 0.3) is 5.91 Å². The number of esters is 2. The first kappa shape index (κ1) is 24.3. The molecular formula is C22H22N2O7S2. The van der Waals surface area contributed by atoms with Crippen LogP contribution in [0.5, 0.6) is 0 Å². The maximum absolute atomic E-state index is 12.8. The second kappa shape index (κ2) is 10.1. The third-order valence-electron chi connectivity index (χ3n) is 4.49. The summed E-state index contributed by atoms with van der Waals surface area (Å²) < 4.78 is 35.8. The van der Waals surface area contributed by atoms with Crippen LogP contribution < -0.4 is 4.80 Å². The number of amides is 1. The molecule has 1 aromatic heterocycles. The molecule has 3 rings (SSSR count). The van der Waals surface area contributed by atoms with Crippen molar-refractivity contribution in [3.05, 3.63) is 58.4 Å². The lowest BCUT2D eigenvalue weighted by Gasteiger charge is -2.06. The van der Waals surface area contributed by atoms with Gasteiger partial charge in [0.2, 0.25) is 0 Å². The minimum atomic E-state index is -3.50. The summed E-state index contributed by atoms with van der Waals surface area (Å²) in [6, 6.07) is 10.4. The van der Waals surface area contributed by atoms with Gasteiger partial charge in [-0.1, -0.05) is 17.4 Å². The van der Waals surface area contributed by atoms with E-state index in [1.165, 1.54) is 28.8 Å². The van der Waals surface area contributed by atoms with E-state index in [1.54, 1.807) is 32.0 Å². The highest BCUT2D eigenvalue weighted by atomic mass is 32.2. The zero-order chi connectivity index (χ0) is 24.2. The van der Waals surface area contributed by atoms with Crippen molar-refractivity contribution in [2.45, 2.75) is 25.3 Å². The molecule has 0 fully saturated rings. The van der Waals surface area contributed by atoms with Crippen molar-refractivity contribution in [2.75, 3.05) is 19.5 Å². The summed E-state index contributed by atoms with van der Waals surface area (Å²) in [5.41, 5.74) is 0.996. The highest BCUT2D eigenvalue weighted by Gasteiger charge is 2.16. The monoisotopic (exact) mass is 490 g/mol. The van der Waals surface area contributed by atoms with Crippen LogP contribution in [0.15, 0.2) is 52.4 Å². The summed E-state index contributed by atoms with van der Waals surface area (Å²) in [6.07, 6.45) is 1.05. The highest BCUT2D eigenvalue weighted by molar-refractivity contribution is 7.90. The van der Waals surface area contributed by atoms with E-state index in [-0.39, 0.29) is 35.0 Å². The van der Waals surface area contributed by atoms with Gasteiger partial charge in [0.05, 0.1) is 33.9 Å². The molecule has 0 spiro atoms. The number of nitrogens with zero attached hydrogens (tertiary/aromatic N) is 2. The zero-order valence-corrected chi connectivity index (χ0v) is 19.9. The Kier molecular flexibility index (Phi) is 7.44. The number of ether oxygens (including phenoxy) is 2. The second-order valence-electron chi connectivity index (χ2n) is 6.90. The van der Waals surface area contributed by atoms with Crippen LogP contribution in [0.4, 0.5) is 0 Å². The molecule has 0 atom stereocenters. The Labute approximate surface area is 194 Å². The number of thiazole rings is 1. The lowest BCUT2D eigenvalue weighted by Crippen LogP contribution is -2.23. The summed E-state index contributed by atoms with van der Waals surface area (Å²) in [5, 5.41) is 0. The first-order chi connectivity index (χ1) is 15.6. The Balaban J connectivity index is 2.13. The van der Waals surface area contributed by atoms with Crippen LogP contribution in [0.2, 0.25) is 0 Å². The van der Waals surface area contributed by atoms with Gasteiger partial charge >= 0.3 is 11.9 Å². The van der Waals surface area contributed by atoms with Crippen molar-refractivity contribution in [2.24, 2.45) is 4.99 Å². The molecular weight excluding hydrogens is 468 g/mol. The number of carbonyl (C=O) groups is 3. The number of aromatic nitrogens is 1. The van der Waals surface area contributed by atoms with Gasteiger partial charge in [-0.2, -0.15) is 4.99 Å². The molecule has 0 bridgehead atoms. The van der Waals surface area contributed by atoms with E-state index in [4.69, 9.17) is 9.47 Å². The molecule has 0 aliphatic heterocycles. The van der Waals surface area contributed by atoms with Crippen molar-refractivity contribution in [1.29, 1.82) is 0 Å². The largest absolute Gasteiger partial charge is 0.465 e. The quantitative estimate of drug-likeness (QED) is 0.467. The minimum absolute atomic E-state index is 0.00151. The van der Waals surface area contributed by atoms with Crippen molar-refractivity contribution in [3.63, 3.8) is 0 Å². The Bertz CT molecular complexity index is 1400. The SMILES string of the molecule is CCOC(=O)Cn1c(=NC(=O)c2cccc(S(C)(=O)=O)c2)sc2cc(C(=O)OCC)ccc21. The molecule has 0 radical (unpaired) electrons. The number of sulfone groups is 1. The first-order valence-corrected chi connectivity index (χ1v) is 12.7. The van der Waals surface area contributed by atoms with Gasteiger partial charge in [0, 0.05) is 11.8 Å². The number of fused-ring (bicyclic) bond motifs is 1. The molecule has 9 nitrogen and oxygen atoms in total. The Morgan fingerprint density at radius 2 is 1.73 bits per heavy atom. The third kappa shape index (κ3) is 5.74. The average Bonchev–Trinajstić information content (AvgIpc) is 3.09. The molecule has 0 aliphatic carbocycles. The number of hydrogen-bond donors (Lipinski definition) is 0. The summed E-state index contributed by atoms with van der Waals surface area (Å²) in [7, 11) is -3.50. The lowest BCUT2D eigenvalue weighted by atomic mass is 10.2. The van der Waals surface area contributed by atoms with Gasteiger partial charge in [0.1, 0.15) is 6.54 Å². The predicted molar refractivity (Wildman–Crippen MR) is 122 cm³/mol. The summed E-state index contributed by atoms with van der Waals surface area (Å²) in [6.45, 7) is 3.62. The van der Waals surface area contributed by atoms with E-state index < -0.39 is 27.7 Å². The molecule has 0 unspecified atom stereocenters. The number of carbonyl (C=O) groups excluding carboxylic acids is 3. The van der Waals surface area contributed by atoms with Crippen molar-refractivity contribution < 1.29 is 32.3 Å². The highest BCUT2D eigenvalue weighted by Crippen LogP contribution is 2.21. The predicted octanol–water partition coefficient (Wildman–Crippen LogP) is 2.59. The maximum atomic E-state index is 12.8. The molecule has 1 heterocycles. The van der Waals surface area contributed by atoms with E-state index in [0.717, 1.165) is 17.6 Å². The fourth-order valence-corrected chi connectivity index (χ4v) is 4.73. The van der Waals surface area contributed by atoms with Crippen LogP contribution in [-0.4, -0.2) is 50.3 Å². The van der Waals surface area contributed by atoms with Gasteiger partial charge in [-0.3, -0.25) is 9.59 Å². The summed E-state index contributed by atoms with van der Waals surface area (Å²) in [4.78, 5) is 41.4. The Morgan fingerprint density at radius 1 is 1.00 bits per heavy atom. The van der Waals surface area contributed by atoms with Crippen molar-refractivity contribution in [1.82, 2.24) is 4.57 Å². The van der Waals surface area contributed by atoms with Crippen LogP contribution in [0.1, 0.15) is 34.6 Å². The summed E-state index contributed by atoms with van der Waals surface area (Å²) >= 11 is 1.11. The van der Waals surface area contributed by atoms with Gasteiger partial charge < -0.3 is 14.0 Å². The molecule has 33 heavy (non-hydrogen) atoms. The molecule has 1 amide bonds. The second-order valence-corrected chi connectivity index (χ2v) is 9.92. The Morgan fingerprint density at radius 3 is 2.39 bits per heavy atom. The van der Waals surface area contributed by atoms with E-state index >= 15 is 0 Å². The van der Waals surface area contributed by atoms with E-state index in [2.05, 4.69) is 4.99 Å². The molecule has 0 saturated heterocycles. The molecule has 0 N–H and O–H groups in total. The fourth-order valence-electron chi connectivity index (χ4n) is 3.00. The van der Waals surface area contributed by atoms with Gasteiger partial charge in [-0.05, 0) is 50.2 Å². The van der Waals surface area contributed by atoms with Crippen LogP contribution in [0.3, 0.4) is 0 Å². The number of benzene rings is 2. The normalized spacial score (nSPS) is 12.0. The maximum Gasteiger partial charge on any atom is 0.338 e. The number of rotatable bonds is 7. The molecule has 3 aromatic rings. The van der Waals surface area contributed by atoms with Crippen LogP contribution in [0.25, 0.3) is 10.2 Å². The van der Waals surface area contributed by atoms with E-state index in [0.29, 0.717) is 15.8 Å². The Hall–Kier alpha value is -3.31. The molecule has 11 heteroatoms. The average molecular weight is 491 g/mol. The van der Waals surface area contributed by atoms with Crippen molar-refractivity contribution in [3.8, 4) is 0 Å². The smallest absolute Gasteiger partial charge is 0.338 e. The number of hydrogen-bond acceptors (Lipinski definition) is 8. The first-order valence-electron chi connectivity index (χ1n) is 9.99. The standard InChI is InChI=1S/C22H22N2O7S2/c1-4-30-19(25)13-24-17-10-9-15(21(27)31-5-2)12-18(17)32-22(24)23-20(26)14-7-6-8-16(11-14)33(3,28)29/h6-12H,4-5,13H2,1-3H3. The molecule has 0 saturated carbocycles. The topological polar surface area (TPSA) is 121 Å². The summed E-state index contributed by atoms with van der Waals surface area (Å²) in [5.74, 6) is -1.67. The van der Waals surface area contributed by atoms with Gasteiger partial charge in [0.15, 0.2) is 14.6 Å².